The summed E-state index contributed by atoms with van der Waals surface area (Å²) in [7, 11) is 0. The number of hydrogen-bond acceptors (Lipinski definition) is 6. The third-order valence-electron chi connectivity index (χ3n) is 4.78. The first kappa shape index (κ1) is 21.1. The van der Waals surface area contributed by atoms with Crippen molar-refractivity contribution in [2.24, 2.45) is 0 Å². The number of aromatic nitrogens is 6. The van der Waals surface area contributed by atoms with Crippen LogP contribution in [0, 0.1) is 11.6 Å². The Morgan fingerprint density at radius 1 is 0.781 bits per heavy atom. The van der Waals surface area contributed by atoms with Crippen molar-refractivity contribution in [3.8, 4) is 0 Å². The molecule has 0 bridgehead atoms. The highest BCUT2D eigenvalue weighted by Gasteiger charge is 2.15. The number of rotatable bonds is 8. The molecule has 2 heterocycles. The van der Waals surface area contributed by atoms with Gasteiger partial charge in [0.2, 0.25) is 0 Å². The van der Waals surface area contributed by atoms with E-state index < -0.39 is 6.09 Å². The van der Waals surface area contributed by atoms with Crippen molar-refractivity contribution in [3.05, 3.63) is 94.1 Å². The molecular formula is C21H19F2N7O2. The summed E-state index contributed by atoms with van der Waals surface area (Å²) in [4.78, 5) is 12.1. The van der Waals surface area contributed by atoms with Crippen molar-refractivity contribution in [1.82, 2.24) is 36.1 Å². The Morgan fingerprint density at radius 3 is 1.88 bits per heavy atom. The fourth-order valence-corrected chi connectivity index (χ4v) is 3.07. The highest BCUT2D eigenvalue weighted by Crippen LogP contribution is 2.15. The Bertz CT molecular complexity index is 1120. The maximum absolute atomic E-state index is 13.9. The number of H-pyrrole nitrogens is 2. The predicted molar refractivity (Wildman–Crippen MR) is 108 cm³/mol. The van der Waals surface area contributed by atoms with E-state index in [4.69, 9.17) is 4.74 Å². The van der Waals surface area contributed by atoms with Gasteiger partial charge in [-0.15, -0.1) is 0 Å². The molecule has 4 aromatic rings. The molecule has 1 amide bonds. The predicted octanol–water partition coefficient (Wildman–Crippen LogP) is 2.81. The minimum Gasteiger partial charge on any atom is -0.443 e. The van der Waals surface area contributed by atoms with E-state index in [-0.39, 0.29) is 37.6 Å². The number of carbonyl (C=O) groups is 1. The number of alkyl carbamates (subject to hydrolysis) is 1. The van der Waals surface area contributed by atoms with Crippen LogP contribution < -0.4 is 5.32 Å². The van der Waals surface area contributed by atoms with Gasteiger partial charge in [0.1, 0.15) is 29.6 Å². The van der Waals surface area contributed by atoms with Gasteiger partial charge < -0.3 is 10.1 Å². The molecule has 0 radical (unpaired) electrons. The topological polar surface area (TPSA) is 121 Å². The van der Waals surface area contributed by atoms with Crippen LogP contribution in [0.3, 0.4) is 0 Å². The van der Waals surface area contributed by atoms with Crippen molar-refractivity contribution in [2.45, 2.75) is 26.0 Å². The Hall–Kier alpha value is -4.15. The normalized spacial score (nSPS) is 10.8. The van der Waals surface area contributed by atoms with E-state index in [1.54, 1.807) is 36.4 Å². The van der Waals surface area contributed by atoms with E-state index >= 15 is 0 Å². The van der Waals surface area contributed by atoms with Gasteiger partial charge >= 0.3 is 6.09 Å². The lowest BCUT2D eigenvalue weighted by atomic mass is 10.1. The van der Waals surface area contributed by atoms with E-state index in [1.807, 2.05) is 0 Å². The second-order valence-electron chi connectivity index (χ2n) is 6.90. The average Bonchev–Trinajstić information content (AvgIpc) is 3.43. The SMILES string of the molecule is O=C(NCc1n[nH]nc1Cc1ccccc1F)OCc1n[nH]nc1Cc1ccccc1F. The van der Waals surface area contributed by atoms with Crippen molar-refractivity contribution in [3.63, 3.8) is 0 Å². The maximum atomic E-state index is 13.9. The summed E-state index contributed by atoms with van der Waals surface area (Å²) < 4.78 is 32.9. The fraction of sp³-hybridized carbons (Fsp3) is 0.190. The fourth-order valence-electron chi connectivity index (χ4n) is 3.07. The summed E-state index contributed by atoms with van der Waals surface area (Å²) in [6, 6.07) is 12.7. The smallest absolute Gasteiger partial charge is 0.407 e. The summed E-state index contributed by atoms with van der Waals surface area (Å²) in [5.41, 5.74) is 2.78. The monoisotopic (exact) mass is 439 g/mol. The first-order valence-corrected chi connectivity index (χ1v) is 9.74. The maximum Gasteiger partial charge on any atom is 0.407 e. The number of amides is 1. The number of ether oxygens (including phenoxy) is 1. The Kier molecular flexibility index (Phi) is 6.44. The molecule has 11 heteroatoms. The van der Waals surface area contributed by atoms with Gasteiger partial charge in [0.05, 0.1) is 17.9 Å². The van der Waals surface area contributed by atoms with E-state index in [2.05, 4.69) is 36.1 Å². The van der Waals surface area contributed by atoms with Gasteiger partial charge in [0.15, 0.2) is 0 Å². The molecule has 9 nitrogen and oxygen atoms in total. The molecule has 4 rings (SSSR count). The summed E-state index contributed by atoms with van der Waals surface area (Å²) in [6.45, 7) is -0.104. The van der Waals surface area contributed by atoms with E-state index in [0.717, 1.165) is 0 Å². The Morgan fingerprint density at radius 2 is 1.28 bits per heavy atom. The molecule has 0 aliphatic carbocycles. The van der Waals surface area contributed by atoms with Gasteiger partial charge in [-0.2, -0.15) is 30.8 Å². The summed E-state index contributed by atoms with van der Waals surface area (Å²) in [5.74, 6) is -0.688. The lowest BCUT2D eigenvalue weighted by Crippen LogP contribution is -2.24. The lowest BCUT2D eigenvalue weighted by Gasteiger charge is -2.07. The zero-order valence-electron chi connectivity index (χ0n) is 16.8. The van der Waals surface area contributed by atoms with Crippen molar-refractivity contribution in [1.29, 1.82) is 0 Å². The minimum atomic E-state index is -0.704. The van der Waals surface area contributed by atoms with E-state index in [1.165, 1.54) is 12.1 Å². The number of aromatic amines is 2. The van der Waals surface area contributed by atoms with Crippen LogP contribution in [0.15, 0.2) is 48.5 Å². The molecule has 0 unspecified atom stereocenters. The van der Waals surface area contributed by atoms with Gasteiger partial charge in [0.25, 0.3) is 0 Å². The zero-order chi connectivity index (χ0) is 22.3. The quantitative estimate of drug-likeness (QED) is 0.388. The van der Waals surface area contributed by atoms with Crippen LogP contribution in [-0.2, 0) is 30.7 Å². The van der Waals surface area contributed by atoms with Gasteiger partial charge in [-0.25, -0.2) is 13.6 Å². The summed E-state index contributed by atoms with van der Waals surface area (Å²) >= 11 is 0. The second kappa shape index (κ2) is 9.77. The van der Waals surface area contributed by atoms with Crippen LogP contribution in [0.2, 0.25) is 0 Å². The van der Waals surface area contributed by atoms with Crippen molar-refractivity contribution >= 4 is 6.09 Å². The molecule has 0 fully saturated rings. The van der Waals surface area contributed by atoms with Crippen molar-refractivity contribution < 1.29 is 18.3 Å². The summed E-state index contributed by atoms with van der Waals surface area (Å²) in [6.07, 6.45) is -0.264. The largest absolute Gasteiger partial charge is 0.443 e. The third kappa shape index (κ3) is 5.12. The van der Waals surface area contributed by atoms with Gasteiger partial charge in [-0.05, 0) is 23.3 Å². The molecule has 32 heavy (non-hydrogen) atoms. The second-order valence-corrected chi connectivity index (χ2v) is 6.90. The first-order valence-electron chi connectivity index (χ1n) is 9.74. The molecule has 0 saturated heterocycles. The van der Waals surface area contributed by atoms with Crippen molar-refractivity contribution in [2.75, 3.05) is 0 Å². The Balaban J connectivity index is 1.30. The first-order chi connectivity index (χ1) is 15.6. The van der Waals surface area contributed by atoms with Crippen LogP contribution in [-0.4, -0.2) is 36.9 Å². The number of hydrogen-bond donors (Lipinski definition) is 3. The lowest BCUT2D eigenvalue weighted by molar-refractivity contribution is 0.137. The number of halogens is 2. The zero-order valence-corrected chi connectivity index (χ0v) is 16.8. The van der Waals surface area contributed by atoms with Crippen LogP contribution >= 0.6 is 0 Å². The number of carbonyl (C=O) groups excluding carboxylic acids is 1. The van der Waals surface area contributed by atoms with Gasteiger partial charge in [-0.1, -0.05) is 36.4 Å². The molecule has 0 aliphatic heterocycles. The molecule has 0 atom stereocenters. The van der Waals surface area contributed by atoms with Crippen LogP contribution in [0.4, 0.5) is 13.6 Å². The highest BCUT2D eigenvalue weighted by atomic mass is 19.1. The molecule has 0 aliphatic rings. The molecule has 3 N–H and O–H groups in total. The third-order valence-corrected chi connectivity index (χ3v) is 4.78. The van der Waals surface area contributed by atoms with E-state index in [9.17, 15) is 13.6 Å². The average molecular weight is 439 g/mol. The molecule has 164 valence electrons. The molecule has 0 saturated carbocycles. The molecular weight excluding hydrogens is 420 g/mol. The number of nitrogens with zero attached hydrogens (tertiary/aromatic N) is 4. The minimum absolute atomic E-state index is 0.0417. The summed E-state index contributed by atoms with van der Waals surface area (Å²) in [5, 5.41) is 23.5. The van der Waals surface area contributed by atoms with E-state index in [0.29, 0.717) is 33.9 Å². The molecule has 2 aromatic carbocycles. The van der Waals surface area contributed by atoms with Crippen LogP contribution in [0.1, 0.15) is 33.9 Å². The van der Waals surface area contributed by atoms with Gasteiger partial charge in [0, 0.05) is 12.8 Å². The standard InChI is InChI=1S/C21H19F2N7O2/c22-15-7-3-1-5-13(15)9-17-19(27-29-25-17)11-24-21(31)32-12-20-18(26-30-28-20)10-14-6-2-4-8-16(14)23/h1-8H,9-12H2,(H,24,31)(H,25,27,29)(H,26,28,30). The van der Waals surface area contributed by atoms with Crippen LogP contribution in [0.25, 0.3) is 0 Å². The number of benzene rings is 2. The Labute approximate surface area is 181 Å². The van der Waals surface area contributed by atoms with Crippen LogP contribution in [0.5, 0.6) is 0 Å². The number of nitrogens with one attached hydrogen (secondary N) is 3. The molecule has 2 aromatic heterocycles. The van der Waals surface area contributed by atoms with Gasteiger partial charge in [-0.3, -0.25) is 0 Å². The molecule has 0 spiro atoms. The highest BCUT2D eigenvalue weighted by molar-refractivity contribution is 5.67.